The van der Waals surface area contributed by atoms with Crippen molar-refractivity contribution >= 4 is 17.4 Å². The highest BCUT2D eigenvalue weighted by Gasteiger charge is 2.26. The second-order valence-corrected chi connectivity index (χ2v) is 5.68. The zero-order valence-corrected chi connectivity index (χ0v) is 11.5. The van der Waals surface area contributed by atoms with Crippen molar-refractivity contribution in [3.63, 3.8) is 0 Å². The van der Waals surface area contributed by atoms with Crippen molar-refractivity contribution in [2.45, 2.75) is 38.3 Å². The Kier molecular flexibility index (Phi) is 4.19. The van der Waals surface area contributed by atoms with Gasteiger partial charge in [-0.2, -0.15) is 0 Å². The average molecular weight is 269 g/mol. The Morgan fingerprint density at radius 1 is 1.72 bits per heavy atom. The van der Waals surface area contributed by atoms with Crippen LogP contribution in [0.5, 0.6) is 0 Å². The minimum Gasteiger partial charge on any atom is -0.394 e. The molecule has 0 aromatic carbocycles. The molecule has 0 saturated heterocycles. The molecule has 1 aliphatic rings. The summed E-state index contributed by atoms with van der Waals surface area (Å²) in [5.74, 6) is 0.655. The van der Waals surface area contributed by atoms with Crippen molar-refractivity contribution in [3.05, 3.63) is 16.1 Å². The van der Waals surface area contributed by atoms with Crippen LogP contribution in [-0.2, 0) is 6.54 Å². The number of amides is 2. The van der Waals surface area contributed by atoms with Gasteiger partial charge in [0.15, 0.2) is 0 Å². The molecule has 5 nitrogen and oxygen atoms in total. The molecule has 1 saturated carbocycles. The van der Waals surface area contributed by atoms with Gasteiger partial charge in [-0.1, -0.05) is 0 Å². The Morgan fingerprint density at radius 3 is 3.06 bits per heavy atom. The SMILES string of the molecule is CC(CO)N(C)C(=O)NCc1nc(C2CC2)cs1. The number of aliphatic hydroxyl groups excluding tert-OH is 1. The number of hydrogen-bond donors (Lipinski definition) is 2. The van der Waals surface area contributed by atoms with Crippen LogP contribution in [0.15, 0.2) is 5.38 Å². The first-order valence-electron chi connectivity index (χ1n) is 6.17. The van der Waals surface area contributed by atoms with Gasteiger partial charge in [0.05, 0.1) is 24.9 Å². The van der Waals surface area contributed by atoms with Crippen LogP contribution in [0.1, 0.15) is 36.4 Å². The standard InChI is InChI=1S/C12H19N3O2S/c1-8(6-16)15(2)12(17)13-5-11-14-10(7-18-11)9-3-4-9/h7-9,16H,3-6H2,1-2H3,(H,13,17). The van der Waals surface area contributed by atoms with E-state index >= 15 is 0 Å². The summed E-state index contributed by atoms with van der Waals surface area (Å²) in [5.41, 5.74) is 1.17. The molecule has 2 rings (SSSR count). The van der Waals surface area contributed by atoms with Crippen molar-refractivity contribution in [3.8, 4) is 0 Å². The number of nitrogens with zero attached hydrogens (tertiary/aromatic N) is 2. The molecule has 18 heavy (non-hydrogen) atoms. The van der Waals surface area contributed by atoms with E-state index < -0.39 is 0 Å². The summed E-state index contributed by atoms with van der Waals surface area (Å²) in [6, 6.07) is -0.358. The summed E-state index contributed by atoms with van der Waals surface area (Å²) in [6.45, 7) is 2.22. The average Bonchev–Trinajstić information content (AvgIpc) is 3.13. The lowest BCUT2D eigenvalue weighted by atomic mass is 10.3. The third-order valence-electron chi connectivity index (χ3n) is 3.20. The summed E-state index contributed by atoms with van der Waals surface area (Å²) >= 11 is 1.59. The molecule has 1 heterocycles. The van der Waals surface area contributed by atoms with E-state index in [1.807, 2.05) is 0 Å². The lowest BCUT2D eigenvalue weighted by Gasteiger charge is -2.23. The Labute approximate surface area is 111 Å². The van der Waals surface area contributed by atoms with Gasteiger partial charge < -0.3 is 15.3 Å². The number of urea groups is 1. The van der Waals surface area contributed by atoms with Gasteiger partial charge in [-0.25, -0.2) is 9.78 Å². The minimum absolute atomic E-state index is 0.0347. The molecular formula is C12H19N3O2S. The first-order chi connectivity index (χ1) is 8.61. The van der Waals surface area contributed by atoms with Gasteiger partial charge in [-0.15, -0.1) is 11.3 Å². The highest BCUT2D eigenvalue weighted by molar-refractivity contribution is 7.09. The number of thiazole rings is 1. The molecule has 2 amide bonds. The van der Waals surface area contributed by atoms with Crippen molar-refractivity contribution in [1.29, 1.82) is 0 Å². The monoisotopic (exact) mass is 269 g/mol. The molecule has 1 fully saturated rings. The molecular weight excluding hydrogens is 250 g/mol. The van der Waals surface area contributed by atoms with Crippen molar-refractivity contribution in [2.24, 2.45) is 0 Å². The molecule has 1 unspecified atom stereocenters. The second kappa shape index (κ2) is 5.67. The van der Waals surface area contributed by atoms with E-state index in [9.17, 15) is 4.79 Å². The van der Waals surface area contributed by atoms with Crippen LogP contribution in [-0.4, -0.2) is 40.7 Å². The summed E-state index contributed by atoms with van der Waals surface area (Å²) < 4.78 is 0. The number of aliphatic hydroxyl groups is 1. The first-order valence-corrected chi connectivity index (χ1v) is 7.05. The van der Waals surface area contributed by atoms with Gasteiger partial charge in [0, 0.05) is 18.3 Å². The van der Waals surface area contributed by atoms with E-state index in [2.05, 4.69) is 15.7 Å². The van der Waals surface area contributed by atoms with Gasteiger partial charge in [0.1, 0.15) is 5.01 Å². The predicted octanol–water partition coefficient (Wildman–Crippen LogP) is 1.54. The number of carbonyl (C=O) groups excluding carboxylic acids is 1. The second-order valence-electron chi connectivity index (χ2n) is 4.74. The van der Waals surface area contributed by atoms with Crippen LogP contribution >= 0.6 is 11.3 Å². The van der Waals surface area contributed by atoms with Gasteiger partial charge in [-0.3, -0.25) is 0 Å². The fraction of sp³-hybridized carbons (Fsp3) is 0.667. The van der Waals surface area contributed by atoms with Crippen molar-refractivity contribution < 1.29 is 9.90 Å². The maximum absolute atomic E-state index is 11.8. The van der Waals surface area contributed by atoms with E-state index in [1.54, 1.807) is 25.3 Å². The smallest absolute Gasteiger partial charge is 0.317 e. The topological polar surface area (TPSA) is 65.5 Å². The Morgan fingerprint density at radius 2 is 2.44 bits per heavy atom. The van der Waals surface area contributed by atoms with Crippen LogP contribution < -0.4 is 5.32 Å². The molecule has 6 heteroatoms. The third-order valence-corrected chi connectivity index (χ3v) is 4.07. The van der Waals surface area contributed by atoms with E-state index in [1.165, 1.54) is 23.4 Å². The predicted molar refractivity (Wildman–Crippen MR) is 70.6 cm³/mol. The third kappa shape index (κ3) is 3.20. The Hall–Kier alpha value is -1.14. The Bertz CT molecular complexity index is 417. The fourth-order valence-electron chi connectivity index (χ4n) is 1.57. The molecule has 0 spiro atoms. The summed E-state index contributed by atoms with van der Waals surface area (Å²) in [6.07, 6.45) is 2.48. The van der Waals surface area contributed by atoms with E-state index in [0.29, 0.717) is 12.5 Å². The van der Waals surface area contributed by atoms with Crippen molar-refractivity contribution in [2.75, 3.05) is 13.7 Å². The number of hydrogen-bond acceptors (Lipinski definition) is 4. The van der Waals surface area contributed by atoms with Gasteiger partial charge in [-0.05, 0) is 19.8 Å². The molecule has 1 aliphatic carbocycles. The molecule has 0 bridgehead atoms. The maximum Gasteiger partial charge on any atom is 0.317 e. The summed E-state index contributed by atoms with van der Waals surface area (Å²) in [7, 11) is 1.67. The highest BCUT2D eigenvalue weighted by Crippen LogP contribution is 2.40. The minimum atomic E-state index is -0.181. The number of carbonyl (C=O) groups is 1. The number of rotatable bonds is 5. The van der Waals surface area contributed by atoms with Crippen LogP contribution in [0.25, 0.3) is 0 Å². The maximum atomic E-state index is 11.8. The summed E-state index contributed by atoms with van der Waals surface area (Å²) in [4.78, 5) is 17.8. The van der Waals surface area contributed by atoms with Crippen LogP contribution in [0.2, 0.25) is 0 Å². The Balaban J connectivity index is 1.81. The fourth-order valence-corrected chi connectivity index (χ4v) is 2.39. The number of aromatic nitrogens is 1. The van der Waals surface area contributed by atoms with E-state index in [-0.39, 0.29) is 18.7 Å². The molecule has 2 N–H and O–H groups in total. The van der Waals surface area contributed by atoms with E-state index in [4.69, 9.17) is 5.11 Å². The van der Waals surface area contributed by atoms with Crippen LogP contribution in [0.4, 0.5) is 4.79 Å². The zero-order chi connectivity index (χ0) is 13.1. The molecule has 0 aliphatic heterocycles. The normalized spacial score (nSPS) is 16.4. The molecule has 1 atom stereocenters. The largest absolute Gasteiger partial charge is 0.394 e. The van der Waals surface area contributed by atoms with E-state index in [0.717, 1.165) is 5.01 Å². The molecule has 100 valence electrons. The lowest BCUT2D eigenvalue weighted by Crippen LogP contribution is -2.43. The highest BCUT2D eigenvalue weighted by atomic mass is 32.1. The van der Waals surface area contributed by atoms with Gasteiger partial charge in [0.25, 0.3) is 0 Å². The molecule has 0 radical (unpaired) electrons. The summed E-state index contributed by atoms with van der Waals surface area (Å²) in [5, 5.41) is 14.8. The zero-order valence-electron chi connectivity index (χ0n) is 10.7. The number of likely N-dealkylation sites (N-methyl/N-ethyl adjacent to an activating group) is 1. The van der Waals surface area contributed by atoms with Gasteiger partial charge in [0.2, 0.25) is 0 Å². The quantitative estimate of drug-likeness (QED) is 0.852. The number of nitrogens with one attached hydrogen (secondary N) is 1. The molecule has 1 aromatic heterocycles. The lowest BCUT2D eigenvalue weighted by molar-refractivity contribution is 0.157. The van der Waals surface area contributed by atoms with Crippen molar-refractivity contribution in [1.82, 2.24) is 15.2 Å². The first kappa shape index (κ1) is 13.3. The van der Waals surface area contributed by atoms with Crippen LogP contribution in [0.3, 0.4) is 0 Å². The van der Waals surface area contributed by atoms with Crippen LogP contribution in [0, 0.1) is 0 Å². The molecule has 1 aromatic rings. The van der Waals surface area contributed by atoms with Gasteiger partial charge >= 0.3 is 6.03 Å².